The van der Waals surface area contributed by atoms with Gasteiger partial charge in [0, 0.05) is 13.1 Å². The summed E-state index contributed by atoms with van der Waals surface area (Å²) in [5.41, 5.74) is 0.548. The zero-order valence-electron chi connectivity index (χ0n) is 16.1. The number of nitrogens with zero attached hydrogens (tertiary/aromatic N) is 3. The molecule has 1 aromatic carbocycles. The molecule has 2 aromatic rings. The number of benzene rings is 1. The summed E-state index contributed by atoms with van der Waals surface area (Å²) in [7, 11) is -2.71. The number of carbonyl (C=O) groups excluding carboxylic acids is 1. The summed E-state index contributed by atoms with van der Waals surface area (Å²) >= 11 is 4.93. The molecule has 3 rings (SSSR count). The van der Waals surface area contributed by atoms with Crippen molar-refractivity contribution in [1.82, 2.24) is 9.29 Å². The summed E-state index contributed by atoms with van der Waals surface area (Å²) in [6.45, 7) is 4.15. The van der Waals surface area contributed by atoms with Crippen molar-refractivity contribution in [2.45, 2.75) is 24.4 Å². The number of aromatic nitrogens is 1. The Morgan fingerprint density at radius 3 is 2.62 bits per heavy atom. The van der Waals surface area contributed by atoms with Crippen molar-refractivity contribution in [3.63, 3.8) is 0 Å². The molecule has 158 valence electrons. The molecule has 29 heavy (non-hydrogen) atoms. The minimum atomic E-state index is -3.94. The Morgan fingerprint density at radius 2 is 2.00 bits per heavy atom. The van der Waals surface area contributed by atoms with E-state index in [0.717, 1.165) is 26.3 Å². The number of thiazole rings is 1. The van der Waals surface area contributed by atoms with Gasteiger partial charge in [-0.05, 0) is 35.0 Å². The minimum absolute atomic E-state index is 0.0606. The molecule has 1 atom stereocenters. The van der Waals surface area contributed by atoms with Gasteiger partial charge in [-0.1, -0.05) is 29.5 Å². The molecule has 0 unspecified atom stereocenters. The van der Waals surface area contributed by atoms with Crippen LogP contribution in [0.25, 0.3) is 0 Å². The number of sulfonamides is 1. The monoisotopic (exact) mass is 503 g/mol. The fourth-order valence-corrected chi connectivity index (χ4v) is 5.97. The van der Waals surface area contributed by atoms with Crippen LogP contribution in [0.5, 0.6) is 0 Å². The van der Waals surface area contributed by atoms with E-state index in [4.69, 9.17) is 9.47 Å². The first kappa shape index (κ1) is 22.2. The van der Waals surface area contributed by atoms with E-state index in [1.54, 1.807) is 18.2 Å². The zero-order valence-corrected chi connectivity index (χ0v) is 19.3. The van der Waals surface area contributed by atoms with Gasteiger partial charge in [0.2, 0.25) is 10.0 Å². The topological polar surface area (TPSA) is 89.0 Å². The third kappa shape index (κ3) is 4.97. The quantitative estimate of drug-likeness (QED) is 0.536. The zero-order chi connectivity index (χ0) is 21.0. The first-order chi connectivity index (χ1) is 13.8. The number of hydrogen-bond acceptors (Lipinski definition) is 8. The van der Waals surface area contributed by atoms with Crippen molar-refractivity contribution in [3.8, 4) is 0 Å². The Balaban J connectivity index is 1.93. The van der Waals surface area contributed by atoms with Crippen LogP contribution >= 0.6 is 27.3 Å². The summed E-state index contributed by atoms with van der Waals surface area (Å²) in [5, 5.41) is 0.790. The van der Waals surface area contributed by atoms with E-state index in [1.165, 1.54) is 37.5 Å². The average molecular weight is 504 g/mol. The molecule has 8 nitrogen and oxygen atoms in total. The molecule has 0 bridgehead atoms. The standard InChI is InChI=1S/C18H22BrN3O5S2/c1-13(17(23)26-2)22(29(24,25)14-6-4-3-5-7-14)12-15-16(19)28-18(20-15)21-8-10-27-11-9-21/h3-7,13H,8-12H2,1-2H3/t13-/m0/s1. The van der Waals surface area contributed by atoms with Crippen LogP contribution in [-0.4, -0.2) is 63.1 Å². The lowest BCUT2D eigenvalue weighted by molar-refractivity contribution is -0.144. The van der Waals surface area contributed by atoms with Crippen LogP contribution in [-0.2, 0) is 30.8 Å². The van der Waals surface area contributed by atoms with Gasteiger partial charge in [-0.15, -0.1) is 0 Å². The highest BCUT2D eigenvalue weighted by Gasteiger charge is 2.35. The molecular formula is C18H22BrN3O5S2. The van der Waals surface area contributed by atoms with E-state index >= 15 is 0 Å². The number of halogens is 1. The van der Waals surface area contributed by atoms with Crippen LogP contribution in [0, 0.1) is 0 Å². The summed E-state index contributed by atoms with van der Waals surface area (Å²) in [6, 6.07) is 7.01. The third-order valence-electron chi connectivity index (χ3n) is 4.55. The van der Waals surface area contributed by atoms with Gasteiger partial charge in [0.05, 0.1) is 41.2 Å². The number of ether oxygens (including phenoxy) is 2. The highest BCUT2D eigenvalue weighted by molar-refractivity contribution is 9.11. The van der Waals surface area contributed by atoms with Crippen molar-refractivity contribution < 1.29 is 22.7 Å². The summed E-state index contributed by atoms with van der Waals surface area (Å²) in [4.78, 5) is 19.0. The lowest BCUT2D eigenvalue weighted by Gasteiger charge is -2.27. The Hall–Kier alpha value is -1.53. The predicted octanol–water partition coefficient (Wildman–Crippen LogP) is 2.49. The van der Waals surface area contributed by atoms with E-state index < -0.39 is 22.0 Å². The highest BCUT2D eigenvalue weighted by atomic mass is 79.9. The smallest absolute Gasteiger partial charge is 0.323 e. The third-order valence-corrected chi connectivity index (χ3v) is 8.37. The molecule has 1 saturated heterocycles. The fourth-order valence-electron chi connectivity index (χ4n) is 2.90. The molecule has 0 saturated carbocycles. The molecule has 0 spiro atoms. The van der Waals surface area contributed by atoms with Crippen molar-refractivity contribution in [3.05, 3.63) is 39.8 Å². The van der Waals surface area contributed by atoms with Gasteiger partial charge in [0.15, 0.2) is 5.13 Å². The number of esters is 1. The van der Waals surface area contributed by atoms with Gasteiger partial charge in [-0.2, -0.15) is 4.31 Å². The van der Waals surface area contributed by atoms with E-state index in [9.17, 15) is 13.2 Å². The summed E-state index contributed by atoms with van der Waals surface area (Å²) < 4.78 is 38.6. The molecule has 0 radical (unpaired) electrons. The van der Waals surface area contributed by atoms with Gasteiger partial charge < -0.3 is 14.4 Å². The number of anilines is 1. The fraction of sp³-hybridized carbons (Fsp3) is 0.444. The van der Waals surface area contributed by atoms with Crippen LogP contribution in [0.4, 0.5) is 5.13 Å². The number of carbonyl (C=O) groups is 1. The average Bonchev–Trinajstić information content (AvgIpc) is 3.12. The molecule has 0 N–H and O–H groups in total. The predicted molar refractivity (Wildman–Crippen MR) is 113 cm³/mol. The number of rotatable bonds is 7. The Morgan fingerprint density at radius 1 is 1.34 bits per heavy atom. The molecule has 1 aliphatic heterocycles. The maximum absolute atomic E-state index is 13.3. The summed E-state index contributed by atoms with van der Waals surface area (Å²) in [5.74, 6) is -0.635. The Labute approximate surface area is 182 Å². The molecule has 1 aromatic heterocycles. The van der Waals surface area contributed by atoms with Crippen LogP contribution in [0.2, 0.25) is 0 Å². The largest absolute Gasteiger partial charge is 0.468 e. The van der Waals surface area contributed by atoms with E-state index in [0.29, 0.717) is 18.9 Å². The van der Waals surface area contributed by atoms with Crippen LogP contribution in [0.1, 0.15) is 12.6 Å². The maximum Gasteiger partial charge on any atom is 0.323 e. The van der Waals surface area contributed by atoms with Crippen LogP contribution in [0.3, 0.4) is 0 Å². The molecular weight excluding hydrogens is 482 g/mol. The van der Waals surface area contributed by atoms with Crippen molar-refractivity contribution in [1.29, 1.82) is 0 Å². The molecule has 2 heterocycles. The molecule has 0 amide bonds. The van der Waals surface area contributed by atoms with Gasteiger partial charge in [-0.3, -0.25) is 4.79 Å². The lowest BCUT2D eigenvalue weighted by atomic mass is 10.3. The summed E-state index contributed by atoms with van der Waals surface area (Å²) in [6.07, 6.45) is 0. The van der Waals surface area contributed by atoms with Gasteiger partial charge in [0.1, 0.15) is 6.04 Å². The SMILES string of the molecule is COC(=O)[C@H](C)N(Cc1nc(N2CCOCC2)sc1Br)S(=O)(=O)c1ccccc1. The second kappa shape index (κ2) is 9.52. The second-order valence-electron chi connectivity index (χ2n) is 6.38. The highest BCUT2D eigenvalue weighted by Crippen LogP contribution is 2.33. The minimum Gasteiger partial charge on any atom is -0.468 e. The first-order valence-electron chi connectivity index (χ1n) is 8.97. The molecule has 1 fully saturated rings. The van der Waals surface area contributed by atoms with E-state index in [2.05, 4.69) is 25.8 Å². The molecule has 1 aliphatic rings. The Bertz CT molecular complexity index is 946. The van der Waals surface area contributed by atoms with E-state index in [1.807, 2.05) is 0 Å². The van der Waals surface area contributed by atoms with Crippen LogP contribution in [0.15, 0.2) is 39.0 Å². The van der Waals surface area contributed by atoms with Crippen molar-refractivity contribution >= 4 is 48.4 Å². The number of methoxy groups -OCH3 is 1. The van der Waals surface area contributed by atoms with Crippen molar-refractivity contribution in [2.75, 3.05) is 38.3 Å². The number of morpholine rings is 1. The molecule has 0 aliphatic carbocycles. The van der Waals surface area contributed by atoms with Gasteiger partial charge in [0.25, 0.3) is 0 Å². The van der Waals surface area contributed by atoms with Crippen LogP contribution < -0.4 is 4.90 Å². The normalized spacial score (nSPS) is 16.1. The van der Waals surface area contributed by atoms with Crippen molar-refractivity contribution in [2.24, 2.45) is 0 Å². The maximum atomic E-state index is 13.3. The Kier molecular flexibility index (Phi) is 7.28. The molecule has 11 heteroatoms. The van der Waals surface area contributed by atoms with Gasteiger partial charge >= 0.3 is 5.97 Å². The second-order valence-corrected chi connectivity index (χ2v) is 10.6. The number of hydrogen-bond donors (Lipinski definition) is 0. The van der Waals surface area contributed by atoms with E-state index in [-0.39, 0.29) is 11.4 Å². The lowest BCUT2D eigenvalue weighted by Crippen LogP contribution is -2.43. The first-order valence-corrected chi connectivity index (χ1v) is 12.0. The van der Waals surface area contributed by atoms with Gasteiger partial charge in [-0.25, -0.2) is 13.4 Å².